The van der Waals surface area contributed by atoms with Gasteiger partial charge in [0.25, 0.3) is 0 Å². The average molecular weight is 351 g/mol. The maximum atomic E-state index is 12.3. The van der Waals surface area contributed by atoms with E-state index in [1.54, 1.807) is 6.07 Å². The molecule has 21 heavy (non-hydrogen) atoms. The lowest BCUT2D eigenvalue weighted by Gasteiger charge is -2.13. The molecule has 1 aromatic carbocycles. The molecule has 1 aromatic rings. The molecule has 7 heteroatoms. The van der Waals surface area contributed by atoms with Crippen LogP contribution >= 0.6 is 23.2 Å². The zero-order chi connectivity index (χ0) is 15.5. The highest BCUT2D eigenvalue weighted by molar-refractivity contribution is 7.89. The molecule has 0 amide bonds. The van der Waals surface area contributed by atoms with Gasteiger partial charge in [-0.15, -0.1) is 0 Å². The van der Waals surface area contributed by atoms with Crippen LogP contribution in [0, 0.1) is 5.92 Å². The third-order valence-electron chi connectivity index (χ3n) is 3.53. The number of benzene rings is 1. The molecule has 0 spiro atoms. The Morgan fingerprint density at radius 3 is 2.62 bits per heavy atom. The second kappa shape index (κ2) is 7.29. The van der Waals surface area contributed by atoms with E-state index < -0.39 is 10.0 Å². The molecular formula is C14H20Cl2N2O2S. The van der Waals surface area contributed by atoms with Crippen molar-refractivity contribution in [2.45, 2.75) is 37.6 Å². The Balaban J connectivity index is 2.16. The van der Waals surface area contributed by atoms with Crippen molar-refractivity contribution in [3.63, 3.8) is 0 Å². The first kappa shape index (κ1) is 17.0. The molecule has 0 unspecified atom stereocenters. The first-order valence-corrected chi connectivity index (χ1v) is 9.37. The number of hydrogen-bond donors (Lipinski definition) is 2. The number of rotatable bonds is 8. The fraction of sp³-hybridized carbons (Fsp3) is 0.571. The molecule has 0 saturated heterocycles. The van der Waals surface area contributed by atoms with Gasteiger partial charge in [-0.1, -0.05) is 43.0 Å². The molecule has 0 aromatic heterocycles. The lowest BCUT2D eigenvalue weighted by atomic mass is 10.2. The van der Waals surface area contributed by atoms with Crippen LogP contribution in [-0.4, -0.2) is 21.5 Å². The lowest BCUT2D eigenvalue weighted by Crippen LogP contribution is -2.26. The van der Waals surface area contributed by atoms with Crippen LogP contribution in [0.25, 0.3) is 0 Å². The Morgan fingerprint density at radius 1 is 1.29 bits per heavy atom. The van der Waals surface area contributed by atoms with Gasteiger partial charge in [0.05, 0.1) is 5.02 Å². The molecule has 118 valence electrons. The van der Waals surface area contributed by atoms with Crippen molar-refractivity contribution < 1.29 is 8.42 Å². The maximum absolute atomic E-state index is 12.3. The van der Waals surface area contributed by atoms with Crippen LogP contribution in [0.15, 0.2) is 17.0 Å². The molecule has 2 N–H and O–H groups in total. The SMILES string of the molecule is CCNCc1c(Cl)ccc(S(=O)(=O)NCCC2CC2)c1Cl. The minimum Gasteiger partial charge on any atom is -0.313 e. The molecule has 0 radical (unpaired) electrons. The molecular weight excluding hydrogens is 331 g/mol. The van der Waals surface area contributed by atoms with Gasteiger partial charge in [0.1, 0.15) is 4.90 Å². The van der Waals surface area contributed by atoms with Crippen molar-refractivity contribution in [1.29, 1.82) is 0 Å². The smallest absolute Gasteiger partial charge is 0.242 e. The van der Waals surface area contributed by atoms with Crippen LogP contribution in [-0.2, 0) is 16.6 Å². The van der Waals surface area contributed by atoms with Gasteiger partial charge in [-0.3, -0.25) is 0 Å². The van der Waals surface area contributed by atoms with E-state index in [4.69, 9.17) is 23.2 Å². The summed E-state index contributed by atoms with van der Waals surface area (Å²) in [6.45, 7) is 3.61. The van der Waals surface area contributed by atoms with E-state index in [1.807, 2.05) is 6.92 Å². The molecule has 0 aliphatic heterocycles. The number of hydrogen-bond acceptors (Lipinski definition) is 3. The lowest BCUT2D eigenvalue weighted by molar-refractivity contribution is 0.575. The topological polar surface area (TPSA) is 58.2 Å². The Labute approximate surface area is 136 Å². The van der Waals surface area contributed by atoms with Crippen molar-refractivity contribution in [2.75, 3.05) is 13.1 Å². The minimum absolute atomic E-state index is 0.0947. The van der Waals surface area contributed by atoms with E-state index in [0.29, 0.717) is 29.6 Å². The monoisotopic (exact) mass is 350 g/mol. The molecule has 0 atom stereocenters. The quantitative estimate of drug-likeness (QED) is 0.756. The van der Waals surface area contributed by atoms with Crippen LogP contribution in [0.5, 0.6) is 0 Å². The predicted molar refractivity (Wildman–Crippen MR) is 86.4 cm³/mol. The molecule has 0 bridgehead atoms. The molecule has 1 saturated carbocycles. The summed E-state index contributed by atoms with van der Waals surface area (Å²) in [7, 11) is -3.59. The van der Waals surface area contributed by atoms with Gasteiger partial charge in [0.2, 0.25) is 10.0 Å². The van der Waals surface area contributed by atoms with Gasteiger partial charge in [-0.2, -0.15) is 0 Å². The van der Waals surface area contributed by atoms with E-state index in [9.17, 15) is 8.42 Å². The second-order valence-electron chi connectivity index (χ2n) is 5.25. The number of halogens is 2. The van der Waals surface area contributed by atoms with Gasteiger partial charge in [0, 0.05) is 23.7 Å². The van der Waals surface area contributed by atoms with E-state index in [2.05, 4.69) is 10.0 Å². The fourth-order valence-electron chi connectivity index (χ4n) is 2.08. The second-order valence-corrected chi connectivity index (χ2v) is 7.77. The zero-order valence-corrected chi connectivity index (χ0v) is 14.3. The van der Waals surface area contributed by atoms with E-state index >= 15 is 0 Å². The summed E-state index contributed by atoms with van der Waals surface area (Å²) in [5, 5.41) is 3.77. The van der Waals surface area contributed by atoms with Crippen molar-refractivity contribution >= 4 is 33.2 Å². The maximum Gasteiger partial charge on any atom is 0.242 e. The Kier molecular flexibility index (Phi) is 5.91. The Hall–Kier alpha value is -0.330. The molecule has 1 aliphatic carbocycles. The standard InChI is InChI=1S/C14H20Cl2N2O2S/c1-2-17-9-11-12(15)5-6-13(14(11)16)21(19,20)18-8-7-10-3-4-10/h5-6,10,17-18H,2-4,7-9H2,1H3. The molecule has 4 nitrogen and oxygen atoms in total. The molecule has 1 fully saturated rings. The summed E-state index contributed by atoms with van der Waals surface area (Å²) < 4.78 is 27.3. The van der Waals surface area contributed by atoms with Crippen LogP contribution in [0.3, 0.4) is 0 Å². The summed E-state index contributed by atoms with van der Waals surface area (Å²) in [5.74, 6) is 0.678. The summed E-state index contributed by atoms with van der Waals surface area (Å²) >= 11 is 12.3. The van der Waals surface area contributed by atoms with E-state index in [0.717, 1.165) is 13.0 Å². The van der Waals surface area contributed by atoms with E-state index in [-0.39, 0.29) is 9.92 Å². The molecule has 0 heterocycles. The Morgan fingerprint density at radius 2 is 2.00 bits per heavy atom. The molecule has 2 rings (SSSR count). The van der Waals surface area contributed by atoms with Crippen LogP contribution in [0.4, 0.5) is 0 Å². The summed E-state index contributed by atoms with van der Waals surface area (Å²) in [6.07, 6.45) is 3.29. The fourth-order valence-corrected chi connectivity index (χ4v) is 4.03. The number of sulfonamides is 1. The minimum atomic E-state index is -3.59. The largest absolute Gasteiger partial charge is 0.313 e. The summed E-state index contributed by atoms with van der Waals surface area (Å²) in [4.78, 5) is 0.0947. The number of nitrogens with one attached hydrogen (secondary N) is 2. The average Bonchev–Trinajstić information content (AvgIpc) is 3.22. The third-order valence-corrected chi connectivity index (χ3v) is 5.93. The van der Waals surface area contributed by atoms with Crippen molar-refractivity contribution in [3.05, 3.63) is 27.7 Å². The first-order chi connectivity index (χ1) is 9.95. The van der Waals surface area contributed by atoms with Crippen LogP contribution < -0.4 is 10.0 Å². The highest BCUT2D eigenvalue weighted by Gasteiger charge is 2.24. The van der Waals surface area contributed by atoms with Crippen molar-refractivity contribution in [2.24, 2.45) is 5.92 Å². The molecule has 1 aliphatic rings. The normalized spacial score (nSPS) is 15.4. The highest BCUT2D eigenvalue weighted by Crippen LogP contribution is 2.33. The van der Waals surface area contributed by atoms with Crippen molar-refractivity contribution in [1.82, 2.24) is 10.0 Å². The Bertz CT molecular complexity index is 601. The van der Waals surface area contributed by atoms with Gasteiger partial charge in [-0.25, -0.2) is 13.1 Å². The van der Waals surface area contributed by atoms with Gasteiger partial charge < -0.3 is 5.32 Å². The van der Waals surface area contributed by atoms with Gasteiger partial charge in [0.15, 0.2) is 0 Å². The van der Waals surface area contributed by atoms with Crippen LogP contribution in [0.1, 0.15) is 31.7 Å². The summed E-state index contributed by atoms with van der Waals surface area (Å²) in [6, 6.07) is 3.04. The zero-order valence-electron chi connectivity index (χ0n) is 12.0. The highest BCUT2D eigenvalue weighted by atomic mass is 35.5. The van der Waals surface area contributed by atoms with Gasteiger partial charge >= 0.3 is 0 Å². The third kappa shape index (κ3) is 4.57. The first-order valence-electron chi connectivity index (χ1n) is 7.13. The van der Waals surface area contributed by atoms with Crippen LogP contribution in [0.2, 0.25) is 10.0 Å². The van der Waals surface area contributed by atoms with Crippen molar-refractivity contribution in [3.8, 4) is 0 Å². The van der Waals surface area contributed by atoms with Gasteiger partial charge in [-0.05, 0) is 31.0 Å². The van der Waals surface area contributed by atoms with E-state index in [1.165, 1.54) is 18.9 Å². The summed E-state index contributed by atoms with van der Waals surface area (Å²) in [5.41, 5.74) is 0.616. The predicted octanol–water partition coefficient (Wildman–Crippen LogP) is 3.18.